The van der Waals surface area contributed by atoms with Gasteiger partial charge in [-0.05, 0) is 42.5 Å². The number of benzene rings is 2. The van der Waals surface area contributed by atoms with Crippen molar-refractivity contribution in [3.63, 3.8) is 0 Å². The molecule has 0 atom stereocenters. The summed E-state index contributed by atoms with van der Waals surface area (Å²) in [6.45, 7) is 3.60. The molecule has 0 fully saturated rings. The van der Waals surface area contributed by atoms with Crippen LogP contribution >= 0.6 is 11.6 Å². The highest BCUT2D eigenvalue weighted by Gasteiger charge is 2.26. The molecule has 4 nitrogen and oxygen atoms in total. The number of rotatable bonds is 6. The van der Waals surface area contributed by atoms with Gasteiger partial charge in [-0.2, -0.15) is 0 Å². The van der Waals surface area contributed by atoms with Gasteiger partial charge >= 0.3 is 0 Å². The molecule has 0 aliphatic carbocycles. The molecule has 0 radical (unpaired) electrons. The highest BCUT2D eigenvalue weighted by molar-refractivity contribution is 7.92. The van der Waals surface area contributed by atoms with Crippen molar-refractivity contribution in [2.45, 2.75) is 4.90 Å². The standard InChI is InChI=1S/C16H15ClFNO3S/c1-3-10-19(15-11-12(17)4-9-16(15)22-2)23(20,21)14-7-5-13(18)6-8-14/h3-9,11H,1,10H2,2H3. The molecule has 0 N–H and O–H groups in total. The van der Waals surface area contributed by atoms with Crippen molar-refractivity contribution in [2.24, 2.45) is 0 Å². The highest BCUT2D eigenvalue weighted by Crippen LogP contribution is 2.34. The van der Waals surface area contributed by atoms with Gasteiger partial charge in [0.2, 0.25) is 0 Å². The molecule has 0 heterocycles. The third-order valence-electron chi connectivity index (χ3n) is 3.11. The summed E-state index contributed by atoms with van der Waals surface area (Å²) in [5.74, 6) is -0.165. The number of hydrogen-bond acceptors (Lipinski definition) is 3. The van der Waals surface area contributed by atoms with Crippen molar-refractivity contribution in [1.82, 2.24) is 0 Å². The molecule has 23 heavy (non-hydrogen) atoms. The number of hydrogen-bond donors (Lipinski definition) is 0. The fourth-order valence-corrected chi connectivity index (χ4v) is 3.64. The van der Waals surface area contributed by atoms with E-state index in [0.717, 1.165) is 16.4 Å². The Balaban J connectivity index is 2.60. The second kappa shape index (κ2) is 7.02. The van der Waals surface area contributed by atoms with Crippen LogP contribution in [0, 0.1) is 5.82 Å². The van der Waals surface area contributed by atoms with E-state index in [9.17, 15) is 12.8 Å². The number of anilines is 1. The normalized spacial score (nSPS) is 11.1. The lowest BCUT2D eigenvalue weighted by Crippen LogP contribution is -2.31. The van der Waals surface area contributed by atoms with Gasteiger partial charge in [0.25, 0.3) is 10.0 Å². The Bertz CT molecular complexity index is 807. The first-order valence-corrected chi connectivity index (χ1v) is 8.44. The van der Waals surface area contributed by atoms with Crippen LogP contribution in [-0.4, -0.2) is 22.1 Å². The topological polar surface area (TPSA) is 46.6 Å². The van der Waals surface area contributed by atoms with Gasteiger partial charge in [0.05, 0.1) is 24.2 Å². The summed E-state index contributed by atoms with van der Waals surface area (Å²) in [7, 11) is -2.49. The van der Waals surface area contributed by atoms with Crippen molar-refractivity contribution in [3.05, 3.63) is 66.0 Å². The van der Waals surface area contributed by atoms with Gasteiger partial charge in [0.1, 0.15) is 11.6 Å². The number of ether oxygens (including phenoxy) is 1. The third kappa shape index (κ3) is 3.65. The van der Waals surface area contributed by atoms with E-state index in [1.807, 2.05) is 0 Å². The van der Waals surface area contributed by atoms with Crippen LogP contribution in [-0.2, 0) is 10.0 Å². The van der Waals surface area contributed by atoms with Gasteiger partial charge in [-0.15, -0.1) is 6.58 Å². The molecule has 0 amide bonds. The molecule has 7 heteroatoms. The Morgan fingerprint density at radius 1 is 1.26 bits per heavy atom. The van der Waals surface area contributed by atoms with Crippen molar-refractivity contribution >= 4 is 27.3 Å². The summed E-state index contributed by atoms with van der Waals surface area (Å²) in [6.07, 6.45) is 1.45. The largest absolute Gasteiger partial charge is 0.495 e. The molecule has 0 saturated heterocycles. The predicted molar refractivity (Wildman–Crippen MR) is 89.1 cm³/mol. The van der Waals surface area contributed by atoms with E-state index in [0.29, 0.717) is 10.8 Å². The van der Waals surface area contributed by atoms with Crippen LogP contribution in [0.4, 0.5) is 10.1 Å². The number of halogens is 2. The maximum Gasteiger partial charge on any atom is 0.264 e. The van der Waals surface area contributed by atoms with Crippen LogP contribution in [0.2, 0.25) is 5.02 Å². The number of sulfonamides is 1. The molecule has 0 bridgehead atoms. The van der Waals surface area contributed by atoms with Crippen LogP contribution in [0.3, 0.4) is 0 Å². The predicted octanol–water partition coefficient (Wildman–Crippen LogP) is 3.87. The SMILES string of the molecule is C=CCN(c1cc(Cl)ccc1OC)S(=O)(=O)c1ccc(F)cc1. The maximum absolute atomic E-state index is 13.1. The molecule has 0 unspecified atom stereocenters. The molecule has 2 aromatic rings. The highest BCUT2D eigenvalue weighted by atomic mass is 35.5. The summed E-state index contributed by atoms with van der Waals surface area (Å²) in [4.78, 5) is -0.0391. The summed E-state index contributed by atoms with van der Waals surface area (Å²) < 4.78 is 45.1. The Kier molecular flexibility index (Phi) is 5.28. The van der Waals surface area contributed by atoms with E-state index >= 15 is 0 Å². The Hall–Kier alpha value is -2.05. The summed E-state index contributed by atoms with van der Waals surface area (Å²) >= 11 is 5.98. The second-order valence-electron chi connectivity index (χ2n) is 4.59. The minimum Gasteiger partial charge on any atom is -0.495 e. The average Bonchev–Trinajstić information content (AvgIpc) is 2.53. The summed E-state index contributed by atoms with van der Waals surface area (Å²) in [5.41, 5.74) is 0.282. The lowest BCUT2D eigenvalue weighted by Gasteiger charge is -2.25. The zero-order chi connectivity index (χ0) is 17.0. The second-order valence-corrected chi connectivity index (χ2v) is 6.89. The van der Waals surface area contributed by atoms with E-state index in [1.54, 1.807) is 12.1 Å². The van der Waals surface area contributed by atoms with Crippen LogP contribution in [0.1, 0.15) is 0 Å². The lowest BCUT2D eigenvalue weighted by atomic mass is 10.3. The zero-order valence-electron chi connectivity index (χ0n) is 12.4. The molecule has 0 aliphatic heterocycles. The summed E-state index contributed by atoms with van der Waals surface area (Å²) in [6, 6.07) is 9.26. The maximum atomic E-state index is 13.1. The molecule has 0 saturated carbocycles. The molecular weight excluding hydrogens is 341 g/mol. The minimum absolute atomic E-state index is 0.0103. The van der Waals surface area contributed by atoms with Crippen molar-refractivity contribution in [3.8, 4) is 5.75 Å². The van der Waals surface area contributed by atoms with Crippen molar-refractivity contribution in [1.29, 1.82) is 0 Å². The van der Waals surface area contributed by atoms with Gasteiger partial charge in [-0.25, -0.2) is 12.8 Å². The molecule has 0 aliphatic rings. The molecule has 0 aromatic heterocycles. The van der Waals surface area contributed by atoms with Crippen molar-refractivity contribution in [2.75, 3.05) is 18.0 Å². The molecular formula is C16H15ClFNO3S. The molecule has 0 spiro atoms. The van der Waals surface area contributed by atoms with Crippen LogP contribution in [0.25, 0.3) is 0 Å². The average molecular weight is 356 g/mol. The van der Waals surface area contributed by atoms with Gasteiger partial charge in [0, 0.05) is 5.02 Å². The summed E-state index contributed by atoms with van der Waals surface area (Å²) in [5, 5.41) is 0.365. The first-order valence-electron chi connectivity index (χ1n) is 6.63. The van der Waals surface area contributed by atoms with E-state index in [-0.39, 0.29) is 17.1 Å². The van der Waals surface area contributed by atoms with E-state index in [1.165, 1.54) is 31.4 Å². The van der Waals surface area contributed by atoms with E-state index < -0.39 is 15.8 Å². The van der Waals surface area contributed by atoms with Gasteiger partial charge in [-0.3, -0.25) is 4.31 Å². The van der Waals surface area contributed by atoms with Gasteiger partial charge in [-0.1, -0.05) is 17.7 Å². The lowest BCUT2D eigenvalue weighted by molar-refractivity contribution is 0.415. The van der Waals surface area contributed by atoms with Crippen LogP contribution < -0.4 is 9.04 Å². The van der Waals surface area contributed by atoms with Crippen LogP contribution in [0.15, 0.2) is 60.0 Å². The Morgan fingerprint density at radius 2 is 1.91 bits per heavy atom. The Morgan fingerprint density at radius 3 is 2.48 bits per heavy atom. The number of nitrogens with zero attached hydrogens (tertiary/aromatic N) is 1. The quantitative estimate of drug-likeness (QED) is 0.739. The first kappa shape index (κ1) is 17.3. The van der Waals surface area contributed by atoms with E-state index in [2.05, 4.69) is 6.58 Å². The van der Waals surface area contributed by atoms with Crippen LogP contribution in [0.5, 0.6) is 5.75 Å². The monoisotopic (exact) mass is 355 g/mol. The number of methoxy groups -OCH3 is 1. The molecule has 122 valence electrons. The van der Waals surface area contributed by atoms with Crippen molar-refractivity contribution < 1.29 is 17.5 Å². The first-order chi connectivity index (χ1) is 10.9. The Labute approximate surface area is 139 Å². The fraction of sp³-hybridized carbons (Fsp3) is 0.125. The fourth-order valence-electron chi connectivity index (χ4n) is 2.04. The third-order valence-corrected chi connectivity index (χ3v) is 5.14. The van der Waals surface area contributed by atoms with Gasteiger partial charge in [0.15, 0.2) is 0 Å². The van der Waals surface area contributed by atoms with E-state index in [4.69, 9.17) is 16.3 Å². The van der Waals surface area contributed by atoms with Gasteiger partial charge < -0.3 is 4.74 Å². The smallest absolute Gasteiger partial charge is 0.264 e. The minimum atomic E-state index is -3.93. The zero-order valence-corrected chi connectivity index (χ0v) is 13.9. The molecule has 2 rings (SSSR count). The molecule has 2 aromatic carbocycles.